The van der Waals surface area contributed by atoms with Crippen molar-refractivity contribution in [2.75, 3.05) is 13.2 Å². The lowest BCUT2D eigenvalue weighted by atomic mass is 10.0. The summed E-state index contributed by atoms with van der Waals surface area (Å²) >= 11 is 0. The molecule has 0 spiro atoms. The highest BCUT2D eigenvalue weighted by Crippen LogP contribution is 2.35. The van der Waals surface area contributed by atoms with Gasteiger partial charge in [-0.25, -0.2) is 8.78 Å². The van der Waals surface area contributed by atoms with E-state index < -0.39 is 5.82 Å². The maximum Gasteiger partial charge on any atom is 0.172 e. The zero-order chi connectivity index (χ0) is 18.1. The maximum atomic E-state index is 14.9. The molecule has 26 heavy (non-hydrogen) atoms. The quantitative estimate of drug-likeness (QED) is 0.504. The van der Waals surface area contributed by atoms with Gasteiger partial charge in [0, 0.05) is 10.8 Å². The van der Waals surface area contributed by atoms with E-state index in [-0.39, 0.29) is 17.3 Å². The largest absolute Gasteiger partial charge is 0.491 e. The fourth-order valence-corrected chi connectivity index (χ4v) is 3.87. The predicted molar refractivity (Wildman–Crippen MR) is 100.0 cm³/mol. The normalized spacial score (nSPS) is 15.0. The van der Waals surface area contributed by atoms with E-state index in [1.54, 1.807) is 30.3 Å². The van der Waals surface area contributed by atoms with Gasteiger partial charge in [-0.05, 0) is 60.7 Å². The molecule has 1 fully saturated rings. The Morgan fingerprint density at radius 2 is 1.27 bits per heavy atom. The van der Waals surface area contributed by atoms with Crippen LogP contribution in [-0.2, 0) is 0 Å². The number of hydrogen-bond acceptors (Lipinski definition) is 2. The lowest BCUT2D eigenvalue weighted by Crippen LogP contribution is -2.09. The number of hydrogen-bond donors (Lipinski definition) is 0. The number of benzene rings is 3. The van der Waals surface area contributed by atoms with Gasteiger partial charge >= 0.3 is 0 Å². The summed E-state index contributed by atoms with van der Waals surface area (Å²) in [7, 11) is 0. The molecule has 1 aliphatic rings. The van der Waals surface area contributed by atoms with E-state index in [0.717, 1.165) is 12.8 Å². The van der Waals surface area contributed by atoms with E-state index in [1.807, 2.05) is 13.0 Å². The minimum absolute atomic E-state index is 0.219. The second-order valence-corrected chi connectivity index (χ2v) is 6.91. The zero-order valence-corrected chi connectivity index (χ0v) is 14.9. The van der Waals surface area contributed by atoms with Gasteiger partial charge < -0.3 is 9.47 Å². The summed E-state index contributed by atoms with van der Waals surface area (Å²) in [4.78, 5) is 0. The first-order valence-corrected chi connectivity index (χ1v) is 9.28. The van der Waals surface area contributed by atoms with Gasteiger partial charge in [-0.15, -0.1) is 0 Å². The van der Waals surface area contributed by atoms with Crippen molar-refractivity contribution in [3.8, 4) is 11.5 Å². The van der Waals surface area contributed by atoms with Crippen LogP contribution in [0.3, 0.4) is 0 Å². The first kappa shape index (κ1) is 17.1. The topological polar surface area (TPSA) is 18.5 Å². The molecule has 4 rings (SSSR count). The summed E-state index contributed by atoms with van der Waals surface area (Å²) in [5, 5.41) is 2.23. The third-order valence-corrected chi connectivity index (χ3v) is 5.24. The summed E-state index contributed by atoms with van der Waals surface area (Å²) < 4.78 is 40.6. The molecular formula is C22H22F2O2. The van der Waals surface area contributed by atoms with Gasteiger partial charge in [0.25, 0.3) is 0 Å². The smallest absolute Gasteiger partial charge is 0.172 e. The molecular weight excluding hydrogens is 334 g/mol. The van der Waals surface area contributed by atoms with Crippen LogP contribution in [0.5, 0.6) is 11.5 Å². The molecule has 0 N–H and O–H groups in total. The van der Waals surface area contributed by atoms with E-state index in [2.05, 4.69) is 0 Å². The molecule has 0 aromatic heterocycles. The molecule has 0 radical (unpaired) electrons. The van der Waals surface area contributed by atoms with Crippen LogP contribution >= 0.6 is 0 Å². The Hall–Kier alpha value is -2.36. The number of halogens is 2. The maximum absolute atomic E-state index is 14.9. The molecule has 0 amide bonds. The van der Waals surface area contributed by atoms with E-state index in [1.165, 1.54) is 12.8 Å². The van der Waals surface area contributed by atoms with E-state index >= 15 is 0 Å². The predicted octanol–water partition coefficient (Wildman–Crippen LogP) is 6.24. The summed E-state index contributed by atoms with van der Waals surface area (Å²) in [6, 6.07) is 10.1. The Balaban J connectivity index is 1.73. The Kier molecular flexibility index (Phi) is 4.66. The second-order valence-electron chi connectivity index (χ2n) is 6.91. The van der Waals surface area contributed by atoms with Gasteiger partial charge in [0.2, 0.25) is 0 Å². The van der Waals surface area contributed by atoms with Gasteiger partial charge in [0.15, 0.2) is 23.1 Å². The average Bonchev–Trinajstić information content (AvgIpc) is 3.17. The molecule has 0 bridgehead atoms. The molecule has 3 aromatic rings. The van der Waals surface area contributed by atoms with Gasteiger partial charge in [-0.2, -0.15) is 0 Å². The van der Waals surface area contributed by atoms with Crippen molar-refractivity contribution >= 4 is 21.5 Å². The van der Waals surface area contributed by atoms with Crippen molar-refractivity contribution in [3.63, 3.8) is 0 Å². The first-order valence-electron chi connectivity index (χ1n) is 9.28. The Bertz CT molecular complexity index is 946. The van der Waals surface area contributed by atoms with Crippen LogP contribution in [0.2, 0.25) is 0 Å². The Morgan fingerprint density at radius 1 is 0.769 bits per heavy atom. The highest BCUT2D eigenvalue weighted by atomic mass is 19.1. The summed E-state index contributed by atoms with van der Waals surface area (Å²) in [5.41, 5.74) is 0. The van der Waals surface area contributed by atoms with Crippen LogP contribution in [0.4, 0.5) is 8.78 Å². The standard InChI is InChI=1S/C22H22F2O2/c1-2-25-19-11-9-15-16-10-12-20(26-13-14-5-3-4-6-14)22(24)18(16)8-7-17(15)21(19)23/h7-12,14H,2-6,13H2,1H3. The first-order chi connectivity index (χ1) is 12.7. The molecule has 2 nitrogen and oxygen atoms in total. The van der Waals surface area contributed by atoms with Crippen LogP contribution in [0.15, 0.2) is 36.4 Å². The highest BCUT2D eigenvalue weighted by Gasteiger charge is 2.18. The third-order valence-electron chi connectivity index (χ3n) is 5.24. The molecule has 0 saturated heterocycles. The Morgan fingerprint density at radius 3 is 1.81 bits per heavy atom. The van der Waals surface area contributed by atoms with Gasteiger partial charge in [0.05, 0.1) is 13.2 Å². The number of fused-ring (bicyclic) bond motifs is 3. The van der Waals surface area contributed by atoms with Gasteiger partial charge in [-0.1, -0.05) is 25.0 Å². The van der Waals surface area contributed by atoms with Crippen molar-refractivity contribution in [2.45, 2.75) is 32.6 Å². The molecule has 0 heterocycles. The van der Waals surface area contributed by atoms with Crippen molar-refractivity contribution in [2.24, 2.45) is 5.92 Å². The molecule has 3 aromatic carbocycles. The van der Waals surface area contributed by atoms with Crippen LogP contribution in [0.25, 0.3) is 21.5 Å². The van der Waals surface area contributed by atoms with Gasteiger partial charge in [0.1, 0.15) is 0 Å². The number of ether oxygens (including phenoxy) is 2. The lowest BCUT2D eigenvalue weighted by Gasteiger charge is -2.14. The molecule has 1 saturated carbocycles. The van der Waals surface area contributed by atoms with Crippen LogP contribution in [0.1, 0.15) is 32.6 Å². The van der Waals surface area contributed by atoms with Crippen molar-refractivity contribution < 1.29 is 18.3 Å². The van der Waals surface area contributed by atoms with E-state index in [9.17, 15) is 8.78 Å². The molecule has 4 heteroatoms. The number of rotatable bonds is 5. The van der Waals surface area contributed by atoms with Crippen molar-refractivity contribution in [1.29, 1.82) is 0 Å². The Labute approximate surface area is 151 Å². The molecule has 1 aliphatic carbocycles. The molecule has 136 valence electrons. The average molecular weight is 356 g/mol. The van der Waals surface area contributed by atoms with Crippen LogP contribution in [0, 0.1) is 17.6 Å². The fraction of sp³-hybridized carbons (Fsp3) is 0.364. The molecule has 0 atom stereocenters. The third kappa shape index (κ3) is 2.98. The zero-order valence-electron chi connectivity index (χ0n) is 14.9. The molecule has 0 aliphatic heterocycles. The van der Waals surface area contributed by atoms with E-state index in [4.69, 9.17) is 9.47 Å². The fourth-order valence-electron chi connectivity index (χ4n) is 3.87. The monoisotopic (exact) mass is 356 g/mol. The summed E-state index contributed by atoms with van der Waals surface area (Å²) in [5.74, 6) is 0.226. The van der Waals surface area contributed by atoms with Crippen LogP contribution < -0.4 is 9.47 Å². The highest BCUT2D eigenvalue weighted by molar-refractivity contribution is 6.08. The SMILES string of the molecule is CCOc1ccc2c(ccc3c(F)c(OCC4CCCC4)ccc32)c1F. The van der Waals surface area contributed by atoms with Crippen molar-refractivity contribution in [1.82, 2.24) is 0 Å². The van der Waals surface area contributed by atoms with Gasteiger partial charge in [-0.3, -0.25) is 0 Å². The van der Waals surface area contributed by atoms with Crippen molar-refractivity contribution in [3.05, 3.63) is 48.0 Å². The molecule has 0 unspecified atom stereocenters. The minimum Gasteiger partial charge on any atom is -0.491 e. The van der Waals surface area contributed by atoms with E-state index in [0.29, 0.717) is 40.7 Å². The second kappa shape index (κ2) is 7.10. The lowest BCUT2D eigenvalue weighted by molar-refractivity contribution is 0.243. The summed E-state index contributed by atoms with van der Waals surface area (Å²) in [6.45, 7) is 2.77. The van der Waals surface area contributed by atoms with Crippen LogP contribution in [-0.4, -0.2) is 13.2 Å². The summed E-state index contributed by atoms with van der Waals surface area (Å²) in [6.07, 6.45) is 4.77. The minimum atomic E-state index is -0.409.